The first-order valence-corrected chi connectivity index (χ1v) is 7.78. The summed E-state index contributed by atoms with van der Waals surface area (Å²) in [5, 5.41) is 3.01. The highest BCUT2D eigenvalue weighted by Gasteiger charge is 2.21. The molecule has 0 spiro atoms. The number of furan rings is 1. The number of carbonyl (C=O) groups excluding carboxylic acids is 1. The minimum absolute atomic E-state index is 0.0597. The average Bonchev–Trinajstić information content (AvgIpc) is 2.98. The lowest BCUT2D eigenvalue weighted by Gasteiger charge is -2.33. The maximum absolute atomic E-state index is 12.1. The largest absolute Gasteiger partial charge is 0.469 e. The van der Waals surface area contributed by atoms with Gasteiger partial charge >= 0.3 is 0 Å². The molecule has 0 radical (unpaired) electrons. The summed E-state index contributed by atoms with van der Waals surface area (Å²) in [6.45, 7) is 6.61. The molecule has 1 aliphatic heterocycles. The molecule has 1 unspecified atom stereocenters. The first-order chi connectivity index (χ1) is 10.6. The van der Waals surface area contributed by atoms with Crippen molar-refractivity contribution in [3.63, 3.8) is 0 Å². The van der Waals surface area contributed by atoms with Crippen molar-refractivity contribution in [3.05, 3.63) is 59.0 Å². The number of carbonyl (C=O) groups is 1. The van der Waals surface area contributed by atoms with Crippen molar-refractivity contribution in [1.82, 2.24) is 10.2 Å². The molecule has 1 amide bonds. The van der Waals surface area contributed by atoms with Crippen molar-refractivity contribution in [3.8, 4) is 0 Å². The van der Waals surface area contributed by atoms with Gasteiger partial charge < -0.3 is 9.73 Å². The number of fused-ring (bicyclic) bond motifs is 1. The van der Waals surface area contributed by atoms with E-state index in [-0.39, 0.29) is 5.91 Å². The maximum Gasteiger partial charge on any atom is 0.254 e. The van der Waals surface area contributed by atoms with E-state index in [1.807, 2.05) is 0 Å². The van der Waals surface area contributed by atoms with Gasteiger partial charge in [0.1, 0.15) is 5.76 Å². The molecule has 2 heterocycles. The molecular weight excluding hydrogens is 276 g/mol. The number of benzene rings is 1. The predicted molar refractivity (Wildman–Crippen MR) is 85.8 cm³/mol. The average molecular weight is 298 g/mol. The van der Waals surface area contributed by atoms with Crippen LogP contribution in [0.3, 0.4) is 0 Å². The third-order valence-corrected chi connectivity index (χ3v) is 4.44. The van der Waals surface area contributed by atoms with Crippen LogP contribution in [0, 0.1) is 6.92 Å². The fourth-order valence-corrected chi connectivity index (χ4v) is 2.98. The Kier molecular flexibility index (Phi) is 4.29. The summed E-state index contributed by atoms with van der Waals surface area (Å²) in [5.74, 6) is 0.604. The molecule has 0 bridgehead atoms. The van der Waals surface area contributed by atoms with E-state index < -0.39 is 0 Å². The molecule has 0 fully saturated rings. The summed E-state index contributed by atoms with van der Waals surface area (Å²) >= 11 is 0. The van der Waals surface area contributed by atoms with E-state index in [9.17, 15) is 4.79 Å². The van der Waals surface area contributed by atoms with Crippen LogP contribution >= 0.6 is 0 Å². The van der Waals surface area contributed by atoms with Crippen molar-refractivity contribution in [1.29, 1.82) is 0 Å². The van der Waals surface area contributed by atoms with Crippen LogP contribution < -0.4 is 5.32 Å². The van der Waals surface area contributed by atoms with Crippen LogP contribution in [0.25, 0.3) is 0 Å². The van der Waals surface area contributed by atoms with Crippen molar-refractivity contribution < 1.29 is 9.21 Å². The van der Waals surface area contributed by atoms with Crippen LogP contribution in [-0.4, -0.2) is 29.9 Å². The van der Waals surface area contributed by atoms with Crippen molar-refractivity contribution in [2.24, 2.45) is 0 Å². The number of amides is 1. The standard InChI is InChI=1S/C18H22N2O2/c1-13(11-19-18(21)17-8-10-22-14(17)2)20-9-7-15-5-3-4-6-16(15)12-20/h3-6,8,10,13H,7,9,11-12H2,1-2H3,(H,19,21). The molecule has 1 N–H and O–H groups in total. The smallest absolute Gasteiger partial charge is 0.254 e. The van der Waals surface area contributed by atoms with Crippen LogP contribution in [0.2, 0.25) is 0 Å². The normalized spacial score (nSPS) is 16.1. The van der Waals surface area contributed by atoms with Gasteiger partial charge in [0.25, 0.3) is 5.91 Å². The Labute approximate surface area is 131 Å². The zero-order valence-electron chi connectivity index (χ0n) is 13.1. The van der Waals surface area contributed by atoms with E-state index >= 15 is 0 Å². The number of nitrogens with zero attached hydrogens (tertiary/aromatic N) is 1. The number of hydrogen-bond donors (Lipinski definition) is 1. The van der Waals surface area contributed by atoms with Gasteiger partial charge in [0, 0.05) is 25.7 Å². The quantitative estimate of drug-likeness (QED) is 0.944. The van der Waals surface area contributed by atoms with Crippen molar-refractivity contribution in [2.75, 3.05) is 13.1 Å². The fraction of sp³-hybridized carbons (Fsp3) is 0.389. The number of rotatable bonds is 4. The third-order valence-electron chi connectivity index (χ3n) is 4.44. The first-order valence-electron chi connectivity index (χ1n) is 7.78. The first kappa shape index (κ1) is 14.9. The lowest BCUT2D eigenvalue weighted by atomic mass is 9.99. The fourth-order valence-electron chi connectivity index (χ4n) is 2.98. The Morgan fingerprint density at radius 3 is 2.82 bits per heavy atom. The van der Waals surface area contributed by atoms with Gasteiger partial charge in [-0.25, -0.2) is 0 Å². The molecule has 3 rings (SSSR count). The highest BCUT2D eigenvalue weighted by atomic mass is 16.3. The van der Waals surface area contributed by atoms with Crippen LogP contribution in [0.1, 0.15) is 34.2 Å². The van der Waals surface area contributed by atoms with E-state index in [0.717, 1.165) is 19.5 Å². The minimum atomic E-state index is -0.0597. The molecule has 116 valence electrons. The van der Waals surface area contributed by atoms with Crippen LogP contribution in [0.15, 0.2) is 41.0 Å². The SMILES string of the molecule is Cc1occc1C(=O)NCC(C)N1CCc2ccccc2C1. The Balaban J connectivity index is 1.56. The number of hydrogen-bond acceptors (Lipinski definition) is 3. The summed E-state index contributed by atoms with van der Waals surface area (Å²) in [6.07, 6.45) is 2.63. The third kappa shape index (κ3) is 3.07. The zero-order valence-corrected chi connectivity index (χ0v) is 13.1. The lowest BCUT2D eigenvalue weighted by Crippen LogP contribution is -2.44. The van der Waals surface area contributed by atoms with E-state index in [0.29, 0.717) is 23.9 Å². The predicted octanol–water partition coefficient (Wildman–Crippen LogP) is 2.76. The van der Waals surface area contributed by atoms with Crippen LogP contribution in [0.4, 0.5) is 0 Å². The molecule has 4 nitrogen and oxygen atoms in total. The molecular formula is C18H22N2O2. The van der Waals surface area contributed by atoms with Gasteiger partial charge in [0.15, 0.2) is 0 Å². The van der Waals surface area contributed by atoms with Gasteiger partial charge in [-0.3, -0.25) is 9.69 Å². The molecule has 22 heavy (non-hydrogen) atoms. The second-order valence-corrected chi connectivity index (χ2v) is 5.94. The Morgan fingerprint density at radius 1 is 1.32 bits per heavy atom. The lowest BCUT2D eigenvalue weighted by molar-refractivity contribution is 0.0931. The van der Waals surface area contributed by atoms with Crippen LogP contribution in [0.5, 0.6) is 0 Å². The minimum Gasteiger partial charge on any atom is -0.469 e. The molecule has 0 saturated heterocycles. The summed E-state index contributed by atoms with van der Waals surface area (Å²) in [6, 6.07) is 10.6. The molecule has 4 heteroatoms. The van der Waals surface area contributed by atoms with E-state index in [4.69, 9.17) is 4.42 Å². The second-order valence-electron chi connectivity index (χ2n) is 5.94. The van der Waals surface area contributed by atoms with Gasteiger partial charge in [0.2, 0.25) is 0 Å². The van der Waals surface area contributed by atoms with E-state index in [2.05, 4.69) is 41.4 Å². The highest BCUT2D eigenvalue weighted by Crippen LogP contribution is 2.20. The maximum atomic E-state index is 12.1. The van der Waals surface area contributed by atoms with Gasteiger partial charge in [-0.05, 0) is 37.5 Å². The molecule has 1 aliphatic rings. The monoisotopic (exact) mass is 298 g/mol. The van der Waals surface area contributed by atoms with Gasteiger partial charge in [-0.2, -0.15) is 0 Å². The second kappa shape index (κ2) is 6.36. The van der Waals surface area contributed by atoms with Gasteiger partial charge in [-0.15, -0.1) is 0 Å². The molecule has 1 atom stereocenters. The van der Waals surface area contributed by atoms with Crippen LogP contribution in [-0.2, 0) is 13.0 Å². The summed E-state index contributed by atoms with van der Waals surface area (Å²) < 4.78 is 5.18. The Bertz CT molecular complexity index is 663. The van der Waals surface area contributed by atoms with Gasteiger partial charge in [-0.1, -0.05) is 24.3 Å². The summed E-state index contributed by atoms with van der Waals surface area (Å²) in [7, 11) is 0. The van der Waals surface area contributed by atoms with Gasteiger partial charge in [0.05, 0.1) is 11.8 Å². The molecule has 1 aromatic carbocycles. The highest BCUT2D eigenvalue weighted by molar-refractivity contribution is 5.95. The molecule has 2 aromatic rings. The zero-order chi connectivity index (χ0) is 15.5. The Morgan fingerprint density at radius 2 is 2.09 bits per heavy atom. The molecule has 1 aromatic heterocycles. The van der Waals surface area contributed by atoms with E-state index in [1.54, 1.807) is 19.3 Å². The van der Waals surface area contributed by atoms with Crippen molar-refractivity contribution >= 4 is 5.91 Å². The molecule has 0 saturated carbocycles. The number of aryl methyl sites for hydroxylation is 1. The topological polar surface area (TPSA) is 45.5 Å². The summed E-state index contributed by atoms with van der Waals surface area (Å²) in [4.78, 5) is 14.5. The van der Waals surface area contributed by atoms with Crippen molar-refractivity contribution in [2.45, 2.75) is 32.9 Å². The van der Waals surface area contributed by atoms with E-state index in [1.165, 1.54) is 11.1 Å². The Hall–Kier alpha value is -2.07. The molecule has 0 aliphatic carbocycles. The summed E-state index contributed by atoms with van der Waals surface area (Å²) in [5.41, 5.74) is 3.47. The number of nitrogens with one attached hydrogen (secondary N) is 1.